The smallest absolute Gasteiger partial charge is 0.387 e. The Morgan fingerprint density at radius 2 is 1.86 bits per heavy atom. The van der Waals surface area contributed by atoms with E-state index in [2.05, 4.69) is 15.4 Å². The third-order valence-electron chi connectivity index (χ3n) is 3.68. The lowest BCUT2D eigenvalue weighted by Gasteiger charge is -2.12. The van der Waals surface area contributed by atoms with E-state index in [1.807, 2.05) is 0 Å². The molecule has 2 aromatic rings. The van der Waals surface area contributed by atoms with Crippen LogP contribution in [0.1, 0.15) is 23.0 Å². The highest BCUT2D eigenvalue weighted by atomic mass is 19.3. The number of ether oxygens (including phenoxy) is 2. The SMILES string of the molecule is C[C@H](NC(=O)c1ccco1)C(=O)OCC(=O)NCCc1ccc(OC(F)F)cc1. The van der Waals surface area contributed by atoms with Gasteiger partial charge < -0.3 is 24.5 Å². The molecule has 2 amide bonds. The van der Waals surface area contributed by atoms with Crippen molar-refractivity contribution in [3.63, 3.8) is 0 Å². The van der Waals surface area contributed by atoms with E-state index >= 15 is 0 Å². The summed E-state index contributed by atoms with van der Waals surface area (Å²) in [6, 6.07) is 8.04. The topological polar surface area (TPSA) is 107 Å². The number of amides is 2. The Morgan fingerprint density at radius 3 is 2.48 bits per heavy atom. The summed E-state index contributed by atoms with van der Waals surface area (Å²) in [5.41, 5.74) is 0.804. The molecule has 1 heterocycles. The molecule has 0 aliphatic heterocycles. The number of rotatable bonds is 10. The van der Waals surface area contributed by atoms with Gasteiger partial charge in [0.1, 0.15) is 11.8 Å². The summed E-state index contributed by atoms with van der Waals surface area (Å²) in [5, 5.41) is 4.96. The van der Waals surface area contributed by atoms with E-state index in [9.17, 15) is 23.2 Å². The van der Waals surface area contributed by atoms with E-state index < -0.39 is 37.0 Å². The van der Waals surface area contributed by atoms with Gasteiger partial charge in [0, 0.05) is 6.54 Å². The van der Waals surface area contributed by atoms with Crippen LogP contribution in [0, 0.1) is 0 Å². The molecule has 10 heteroatoms. The molecule has 0 bridgehead atoms. The van der Waals surface area contributed by atoms with Gasteiger partial charge in [-0.2, -0.15) is 8.78 Å². The first-order valence-corrected chi connectivity index (χ1v) is 8.66. The molecule has 1 atom stereocenters. The van der Waals surface area contributed by atoms with Gasteiger partial charge in [-0.25, -0.2) is 4.79 Å². The second-order valence-corrected chi connectivity index (χ2v) is 5.90. The third-order valence-corrected chi connectivity index (χ3v) is 3.68. The summed E-state index contributed by atoms with van der Waals surface area (Å²) in [7, 11) is 0. The Balaban J connectivity index is 1.64. The van der Waals surface area contributed by atoms with Crippen LogP contribution in [-0.4, -0.2) is 43.6 Å². The van der Waals surface area contributed by atoms with Crippen LogP contribution < -0.4 is 15.4 Å². The maximum absolute atomic E-state index is 12.1. The van der Waals surface area contributed by atoms with E-state index in [0.29, 0.717) is 6.42 Å². The van der Waals surface area contributed by atoms with Crippen molar-refractivity contribution in [2.75, 3.05) is 13.2 Å². The first-order chi connectivity index (χ1) is 13.8. The molecule has 1 aromatic carbocycles. The lowest BCUT2D eigenvalue weighted by Crippen LogP contribution is -2.41. The van der Waals surface area contributed by atoms with Gasteiger partial charge in [0.2, 0.25) is 0 Å². The van der Waals surface area contributed by atoms with Gasteiger partial charge in [0.25, 0.3) is 11.8 Å². The summed E-state index contributed by atoms with van der Waals surface area (Å²) in [5.74, 6) is -1.76. The van der Waals surface area contributed by atoms with Crippen LogP contribution in [0.4, 0.5) is 8.78 Å². The number of halogens is 2. The second-order valence-electron chi connectivity index (χ2n) is 5.90. The van der Waals surface area contributed by atoms with Crippen LogP contribution in [0.15, 0.2) is 47.1 Å². The maximum atomic E-state index is 12.1. The van der Waals surface area contributed by atoms with Crippen molar-refractivity contribution in [1.29, 1.82) is 0 Å². The summed E-state index contributed by atoms with van der Waals surface area (Å²) in [6.45, 7) is -1.70. The number of carbonyl (C=O) groups is 3. The molecule has 29 heavy (non-hydrogen) atoms. The molecule has 0 saturated carbocycles. The highest BCUT2D eigenvalue weighted by molar-refractivity contribution is 5.94. The molecule has 0 fully saturated rings. The van der Waals surface area contributed by atoms with Gasteiger partial charge in [0.15, 0.2) is 12.4 Å². The summed E-state index contributed by atoms with van der Waals surface area (Å²) in [6.07, 6.45) is 1.78. The quantitative estimate of drug-likeness (QED) is 0.580. The van der Waals surface area contributed by atoms with Gasteiger partial charge in [-0.15, -0.1) is 0 Å². The van der Waals surface area contributed by atoms with Crippen LogP contribution in [0.25, 0.3) is 0 Å². The molecule has 156 valence electrons. The average Bonchev–Trinajstić information content (AvgIpc) is 3.22. The van der Waals surface area contributed by atoms with Crippen molar-refractivity contribution in [1.82, 2.24) is 10.6 Å². The lowest BCUT2D eigenvalue weighted by atomic mass is 10.1. The van der Waals surface area contributed by atoms with E-state index in [0.717, 1.165) is 5.56 Å². The molecule has 2 rings (SSSR count). The van der Waals surface area contributed by atoms with Crippen molar-refractivity contribution >= 4 is 17.8 Å². The normalized spacial score (nSPS) is 11.6. The minimum atomic E-state index is -2.89. The lowest BCUT2D eigenvalue weighted by molar-refractivity contribution is -0.150. The summed E-state index contributed by atoms with van der Waals surface area (Å²) < 4.78 is 38.2. The van der Waals surface area contributed by atoms with Gasteiger partial charge in [-0.1, -0.05) is 12.1 Å². The molecular weight excluding hydrogens is 390 g/mol. The third kappa shape index (κ3) is 7.60. The number of carbonyl (C=O) groups excluding carboxylic acids is 3. The van der Waals surface area contributed by atoms with Crippen LogP contribution in [-0.2, 0) is 20.7 Å². The zero-order chi connectivity index (χ0) is 21.2. The minimum Gasteiger partial charge on any atom is -0.459 e. The standard InChI is InChI=1S/C19H20F2N2O6/c1-12(23-17(25)15-3-2-10-27-15)18(26)28-11-16(24)22-9-8-13-4-6-14(7-5-13)29-19(20)21/h2-7,10,12,19H,8-9,11H2,1H3,(H,22,24)(H,23,25)/t12-/m0/s1. The fourth-order valence-electron chi connectivity index (χ4n) is 2.23. The van der Waals surface area contributed by atoms with Crippen molar-refractivity contribution < 1.29 is 37.1 Å². The van der Waals surface area contributed by atoms with Crippen LogP contribution in [0.2, 0.25) is 0 Å². The zero-order valence-corrected chi connectivity index (χ0v) is 15.5. The Hall–Kier alpha value is -3.43. The molecule has 0 aliphatic carbocycles. The highest BCUT2D eigenvalue weighted by Crippen LogP contribution is 2.14. The molecule has 0 spiro atoms. The Bertz CT molecular complexity index is 809. The first-order valence-electron chi connectivity index (χ1n) is 8.66. The highest BCUT2D eigenvalue weighted by Gasteiger charge is 2.20. The number of benzene rings is 1. The fraction of sp³-hybridized carbons (Fsp3) is 0.316. The molecule has 0 saturated heterocycles. The van der Waals surface area contributed by atoms with Crippen molar-refractivity contribution in [2.24, 2.45) is 0 Å². The average molecular weight is 410 g/mol. The second kappa shape index (κ2) is 10.8. The van der Waals surface area contributed by atoms with E-state index in [4.69, 9.17) is 9.15 Å². The number of hydrogen-bond acceptors (Lipinski definition) is 6. The van der Waals surface area contributed by atoms with Crippen molar-refractivity contribution in [3.8, 4) is 5.75 Å². The van der Waals surface area contributed by atoms with Gasteiger partial charge in [-0.05, 0) is 43.2 Å². The van der Waals surface area contributed by atoms with E-state index in [-0.39, 0.29) is 18.1 Å². The Kier molecular flexibility index (Phi) is 8.13. The molecule has 1 aromatic heterocycles. The monoisotopic (exact) mass is 410 g/mol. The van der Waals surface area contributed by atoms with Crippen molar-refractivity contribution in [3.05, 3.63) is 54.0 Å². The molecular formula is C19H20F2N2O6. The zero-order valence-electron chi connectivity index (χ0n) is 15.5. The Morgan fingerprint density at radius 1 is 1.14 bits per heavy atom. The summed E-state index contributed by atoms with van der Waals surface area (Å²) in [4.78, 5) is 35.4. The van der Waals surface area contributed by atoms with Gasteiger partial charge in [0.05, 0.1) is 6.26 Å². The molecule has 8 nitrogen and oxygen atoms in total. The van der Waals surface area contributed by atoms with Crippen LogP contribution in [0.5, 0.6) is 5.75 Å². The number of esters is 1. The van der Waals surface area contributed by atoms with Crippen LogP contribution in [0.3, 0.4) is 0 Å². The molecule has 0 unspecified atom stereocenters. The predicted molar refractivity (Wildman–Crippen MR) is 96.4 cm³/mol. The maximum Gasteiger partial charge on any atom is 0.387 e. The number of alkyl halides is 2. The fourth-order valence-corrected chi connectivity index (χ4v) is 2.23. The number of hydrogen-bond donors (Lipinski definition) is 2. The van der Waals surface area contributed by atoms with Crippen LogP contribution >= 0.6 is 0 Å². The molecule has 0 radical (unpaired) electrons. The first kappa shape index (κ1) is 21.9. The minimum absolute atomic E-state index is 0.0490. The van der Waals surface area contributed by atoms with Gasteiger partial charge in [-0.3, -0.25) is 9.59 Å². The van der Waals surface area contributed by atoms with E-state index in [1.54, 1.807) is 12.1 Å². The Labute approximate surface area is 165 Å². The molecule has 2 N–H and O–H groups in total. The van der Waals surface area contributed by atoms with Gasteiger partial charge >= 0.3 is 12.6 Å². The van der Waals surface area contributed by atoms with Crippen molar-refractivity contribution in [2.45, 2.75) is 26.0 Å². The number of nitrogens with one attached hydrogen (secondary N) is 2. The van der Waals surface area contributed by atoms with E-state index in [1.165, 1.54) is 37.5 Å². The largest absolute Gasteiger partial charge is 0.459 e. The summed E-state index contributed by atoms with van der Waals surface area (Å²) >= 11 is 0. The predicted octanol–water partition coefficient (Wildman–Crippen LogP) is 1.90. The number of furan rings is 1. The molecule has 0 aliphatic rings.